The van der Waals surface area contributed by atoms with E-state index in [-0.39, 0.29) is 21.3 Å². The highest BCUT2D eigenvalue weighted by Crippen LogP contribution is 2.39. The van der Waals surface area contributed by atoms with Crippen LogP contribution in [0.1, 0.15) is 44.0 Å². The van der Waals surface area contributed by atoms with E-state index >= 15 is 0 Å². The molecule has 12 heteroatoms. The van der Waals surface area contributed by atoms with Crippen molar-refractivity contribution in [3.63, 3.8) is 0 Å². The molecule has 1 aliphatic carbocycles. The van der Waals surface area contributed by atoms with Crippen LogP contribution in [-0.2, 0) is 14.8 Å². The molecule has 1 atom stereocenters. The van der Waals surface area contributed by atoms with E-state index < -0.39 is 10.0 Å². The van der Waals surface area contributed by atoms with Gasteiger partial charge < -0.3 is 10.6 Å². The third-order valence-corrected chi connectivity index (χ3v) is 9.79. The Labute approximate surface area is 215 Å². The van der Waals surface area contributed by atoms with E-state index in [1.807, 2.05) is 6.20 Å². The highest BCUT2D eigenvalue weighted by Gasteiger charge is 2.31. The minimum Gasteiger partial charge on any atom is -0.381 e. The van der Waals surface area contributed by atoms with Crippen molar-refractivity contribution >= 4 is 49.0 Å². The van der Waals surface area contributed by atoms with Crippen LogP contribution in [0.3, 0.4) is 0 Å². The normalized spacial score (nSPS) is 18.3. The number of anilines is 2. The summed E-state index contributed by atoms with van der Waals surface area (Å²) in [4.78, 5) is 27.0. The summed E-state index contributed by atoms with van der Waals surface area (Å²) < 4.78 is 27.7. The first-order chi connectivity index (χ1) is 17.2. The number of sulfonamides is 1. The molecule has 2 fully saturated rings. The second-order valence-electron chi connectivity index (χ2n) is 9.61. The quantitative estimate of drug-likeness (QED) is 0.457. The van der Waals surface area contributed by atoms with Crippen molar-refractivity contribution in [1.29, 1.82) is 0 Å². The number of thiazole rings is 1. The van der Waals surface area contributed by atoms with Crippen LogP contribution in [0.2, 0.25) is 0 Å². The smallest absolute Gasteiger partial charge is 0.254 e. The number of nitrogens with zero attached hydrogens (tertiary/aromatic N) is 5. The molecule has 10 nitrogen and oxygen atoms in total. The molecule has 1 saturated heterocycles. The SMILES string of the molecule is CC(=O)Nc1ncc(S(=O)(=O)N2CCN(C[C@H](C)Nc3ccc(C)c4nc(C5CC5)ncc34)CC2)s1. The number of benzene rings is 1. The first-order valence-electron chi connectivity index (χ1n) is 12.2. The number of aryl methyl sites for hydroxylation is 1. The molecule has 3 heterocycles. The molecule has 2 aromatic heterocycles. The molecule has 1 aliphatic heterocycles. The zero-order valence-electron chi connectivity index (χ0n) is 20.7. The molecule has 1 saturated carbocycles. The van der Waals surface area contributed by atoms with Gasteiger partial charge in [-0.15, -0.1) is 0 Å². The first-order valence-corrected chi connectivity index (χ1v) is 14.4. The zero-order valence-corrected chi connectivity index (χ0v) is 22.3. The molecule has 36 heavy (non-hydrogen) atoms. The molecule has 2 N–H and O–H groups in total. The molecule has 1 amide bonds. The fraction of sp³-hybridized carbons (Fsp3) is 0.500. The summed E-state index contributed by atoms with van der Waals surface area (Å²) in [6, 6.07) is 4.34. The first kappa shape index (κ1) is 25.0. The molecular formula is C24H31N7O3S2. The molecule has 192 valence electrons. The van der Waals surface area contributed by atoms with Crippen molar-refractivity contribution in [3.8, 4) is 0 Å². The number of piperazine rings is 1. The third kappa shape index (κ3) is 5.36. The summed E-state index contributed by atoms with van der Waals surface area (Å²) in [6.45, 7) is 8.48. The van der Waals surface area contributed by atoms with E-state index in [4.69, 9.17) is 4.98 Å². The van der Waals surface area contributed by atoms with E-state index in [0.29, 0.717) is 32.1 Å². The summed E-state index contributed by atoms with van der Waals surface area (Å²) in [7, 11) is -3.63. The van der Waals surface area contributed by atoms with Crippen molar-refractivity contribution < 1.29 is 13.2 Å². The van der Waals surface area contributed by atoms with Gasteiger partial charge in [-0.25, -0.2) is 23.4 Å². The number of carbonyl (C=O) groups excluding carboxylic acids is 1. The summed E-state index contributed by atoms with van der Waals surface area (Å²) in [6.07, 6.45) is 5.61. The van der Waals surface area contributed by atoms with Crippen molar-refractivity contribution in [2.24, 2.45) is 0 Å². The Morgan fingerprint density at radius 1 is 1.17 bits per heavy atom. The molecular weight excluding hydrogens is 498 g/mol. The standard InChI is InChI=1S/C24H31N7O3S2/c1-15-4-7-20(19-12-25-23(18-5-6-18)29-22(15)19)27-16(2)14-30-8-10-31(11-9-30)36(33,34)21-13-26-24(35-21)28-17(3)32/h4,7,12-13,16,18,27H,5-6,8-11,14H2,1-3H3,(H,26,28,32)/t16-/m0/s1. The van der Waals surface area contributed by atoms with E-state index in [9.17, 15) is 13.2 Å². The van der Waals surface area contributed by atoms with Crippen molar-refractivity contribution in [2.75, 3.05) is 43.4 Å². The van der Waals surface area contributed by atoms with Crippen LogP contribution < -0.4 is 10.6 Å². The summed E-state index contributed by atoms with van der Waals surface area (Å²) in [5, 5.41) is 7.47. The molecule has 0 radical (unpaired) electrons. The topological polar surface area (TPSA) is 120 Å². The van der Waals surface area contributed by atoms with Crippen LogP contribution >= 0.6 is 11.3 Å². The molecule has 0 unspecified atom stereocenters. The van der Waals surface area contributed by atoms with Crippen LogP contribution in [0.25, 0.3) is 10.9 Å². The summed E-state index contributed by atoms with van der Waals surface area (Å²) >= 11 is 0.976. The van der Waals surface area contributed by atoms with Crippen molar-refractivity contribution in [2.45, 2.75) is 49.8 Å². The Hall–Kier alpha value is -2.67. The lowest BCUT2D eigenvalue weighted by molar-refractivity contribution is -0.114. The van der Waals surface area contributed by atoms with E-state index in [1.54, 1.807) is 0 Å². The predicted molar refractivity (Wildman–Crippen MR) is 141 cm³/mol. The van der Waals surface area contributed by atoms with Crippen LogP contribution in [0.5, 0.6) is 0 Å². The average molecular weight is 530 g/mol. The second-order valence-corrected chi connectivity index (χ2v) is 12.8. The molecule has 0 bridgehead atoms. The molecule has 1 aromatic carbocycles. The van der Waals surface area contributed by atoms with Crippen LogP contribution in [0.15, 0.2) is 28.7 Å². The van der Waals surface area contributed by atoms with E-state index in [1.165, 1.54) is 30.3 Å². The molecule has 2 aliphatic rings. The van der Waals surface area contributed by atoms with Gasteiger partial charge in [-0.2, -0.15) is 4.31 Å². The number of hydrogen-bond acceptors (Lipinski definition) is 9. The highest BCUT2D eigenvalue weighted by atomic mass is 32.2. The van der Waals surface area contributed by atoms with Gasteiger partial charge in [0.15, 0.2) is 9.34 Å². The Morgan fingerprint density at radius 2 is 1.92 bits per heavy atom. The Balaban J connectivity index is 1.19. The van der Waals surface area contributed by atoms with E-state index in [0.717, 1.165) is 45.9 Å². The molecule has 3 aromatic rings. The lowest BCUT2D eigenvalue weighted by atomic mass is 10.1. The Morgan fingerprint density at radius 3 is 2.61 bits per heavy atom. The fourth-order valence-electron chi connectivity index (χ4n) is 4.50. The monoisotopic (exact) mass is 529 g/mol. The van der Waals surface area contributed by atoms with Crippen molar-refractivity contribution in [1.82, 2.24) is 24.2 Å². The van der Waals surface area contributed by atoms with Gasteiger partial charge in [0.1, 0.15) is 5.82 Å². The van der Waals surface area contributed by atoms with Crippen LogP contribution in [-0.4, -0.2) is 77.2 Å². The lowest BCUT2D eigenvalue weighted by Crippen LogP contribution is -2.50. The maximum absolute atomic E-state index is 13.0. The van der Waals surface area contributed by atoms with Gasteiger partial charge in [-0.1, -0.05) is 17.4 Å². The van der Waals surface area contributed by atoms with Gasteiger partial charge in [-0.3, -0.25) is 9.69 Å². The van der Waals surface area contributed by atoms with Crippen LogP contribution in [0, 0.1) is 6.92 Å². The number of nitrogens with one attached hydrogen (secondary N) is 2. The number of aromatic nitrogens is 3. The summed E-state index contributed by atoms with van der Waals surface area (Å²) in [5.41, 5.74) is 3.18. The number of rotatable bonds is 8. The van der Waals surface area contributed by atoms with Gasteiger partial charge >= 0.3 is 0 Å². The molecule has 0 spiro atoms. The number of amides is 1. The van der Waals surface area contributed by atoms with Gasteiger partial charge in [0.2, 0.25) is 5.91 Å². The number of carbonyl (C=O) groups is 1. The van der Waals surface area contributed by atoms with Gasteiger partial charge in [-0.05, 0) is 38.3 Å². The predicted octanol–water partition coefficient (Wildman–Crippen LogP) is 3.04. The minimum atomic E-state index is -3.63. The van der Waals surface area contributed by atoms with Crippen LogP contribution in [0.4, 0.5) is 10.8 Å². The Kier molecular flexibility index (Phi) is 6.95. The van der Waals surface area contributed by atoms with Crippen molar-refractivity contribution in [3.05, 3.63) is 35.9 Å². The largest absolute Gasteiger partial charge is 0.381 e. The highest BCUT2D eigenvalue weighted by molar-refractivity contribution is 7.91. The maximum Gasteiger partial charge on any atom is 0.254 e. The average Bonchev–Trinajstić information content (AvgIpc) is 3.59. The van der Waals surface area contributed by atoms with Gasteiger partial charge in [0.25, 0.3) is 10.0 Å². The minimum absolute atomic E-state index is 0.146. The second kappa shape index (κ2) is 10.0. The summed E-state index contributed by atoms with van der Waals surface area (Å²) in [5.74, 6) is 1.19. The van der Waals surface area contributed by atoms with Gasteiger partial charge in [0.05, 0.1) is 11.7 Å². The zero-order chi connectivity index (χ0) is 25.4. The van der Waals surface area contributed by atoms with E-state index in [2.05, 4.69) is 51.5 Å². The maximum atomic E-state index is 13.0. The lowest BCUT2D eigenvalue weighted by Gasteiger charge is -2.35. The Bertz CT molecular complexity index is 1380. The fourth-order valence-corrected chi connectivity index (χ4v) is 7.15. The third-order valence-electron chi connectivity index (χ3n) is 6.54. The number of hydrogen-bond donors (Lipinski definition) is 2. The van der Waals surface area contributed by atoms with Gasteiger partial charge in [0, 0.05) is 68.9 Å². The number of fused-ring (bicyclic) bond motifs is 1. The molecule has 5 rings (SSSR count).